The molecule has 10 aromatic rings. The number of fused-ring (bicyclic) bond motifs is 10. The van der Waals surface area contributed by atoms with Gasteiger partial charge in [-0.15, -0.1) is 11.3 Å². The summed E-state index contributed by atoms with van der Waals surface area (Å²) in [6.07, 6.45) is 0. The van der Waals surface area contributed by atoms with Gasteiger partial charge < -0.3 is 4.57 Å². The van der Waals surface area contributed by atoms with E-state index in [4.69, 9.17) is 9.97 Å². The molecule has 0 aliphatic heterocycles. The zero-order valence-electron chi connectivity index (χ0n) is 24.1. The molecule has 0 saturated carbocycles. The Morgan fingerprint density at radius 1 is 0.467 bits per heavy atom. The molecule has 4 nitrogen and oxygen atoms in total. The molecule has 6 aromatic carbocycles. The summed E-state index contributed by atoms with van der Waals surface area (Å²) in [5, 5.41) is 5.94. The highest BCUT2D eigenvalue weighted by atomic mass is 32.1. The molecule has 0 saturated heterocycles. The van der Waals surface area contributed by atoms with Gasteiger partial charge in [-0.2, -0.15) is 0 Å². The van der Waals surface area contributed by atoms with Gasteiger partial charge in [0.1, 0.15) is 0 Å². The summed E-state index contributed by atoms with van der Waals surface area (Å²) in [4.78, 5) is 10.8. The average molecular weight is 593 g/mol. The van der Waals surface area contributed by atoms with Crippen LogP contribution in [0.5, 0.6) is 0 Å². The van der Waals surface area contributed by atoms with Gasteiger partial charge in [-0.3, -0.25) is 4.57 Å². The summed E-state index contributed by atoms with van der Waals surface area (Å²) in [5.74, 6) is 0.681. The second-order valence-corrected chi connectivity index (χ2v) is 12.5. The molecule has 210 valence electrons. The first-order valence-electron chi connectivity index (χ1n) is 15.1. The highest BCUT2D eigenvalue weighted by Gasteiger charge is 2.23. The zero-order chi connectivity index (χ0) is 29.5. The second-order valence-electron chi connectivity index (χ2n) is 11.4. The molecule has 0 amide bonds. The Morgan fingerprint density at radius 3 is 1.91 bits per heavy atom. The molecule has 0 N–H and O–H groups in total. The van der Waals surface area contributed by atoms with Crippen molar-refractivity contribution in [2.24, 2.45) is 0 Å². The summed E-state index contributed by atoms with van der Waals surface area (Å²) < 4.78 is 7.00. The van der Waals surface area contributed by atoms with Gasteiger partial charge >= 0.3 is 0 Å². The largest absolute Gasteiger partial charge is 0.309 e. The van der Waals surface area contributed by atoms with Crippen LogP contribution in [0.25, 0.3) is 86.8 Å². The quantitative estimate of drug-likeness (QED) is 0.205. The summed E-state index contributed by atoms with van der Waals surface area (Å²) in [6, 6.07) is 51.6. The lowest BCUT2D eigenvalue weighted by atomic mass is 10.1. The van der Waals surface area contributed by atoms with Crippen molar-refractivity contribution in [3.8, 4) is 22.9 Å². The predicted molar refractivity (Wildman–Crippen MR) is 189 cm³/mol. The number of aromatic nitrogens is 4. The molecular formula is C40H24N4S. The Labute approximate surface area is 262 Å². The zero-order valence-corrected chi connectivity index (χ0v) is 24.9. The van der Waals surface area contributed by atoms with Crippen molar-refractivity contribution in [2.75, 3.05) is 0 Å². The normalized spacial score (nSPS) is 12.0. The van der Waals surface area contributed by atoms with Gasteiger partial charge in [-0.05, 0) is 36.4 Å². The monoisotopic (exact) mass is 592 g/mol. The van der Waals surface area contributed by atoms with E-state index >= 15 is 0 Å². The van der Waals surface area contributed by atoms with E-state index in [-0.39, 0.29) is 0 Å². The fourth-order valence-electron chi connectivity index (χ4n) is 7.04. The van der Waals surface area contributed by atoms with E-state index in [2.05, 4.69) is 155 Å². The lowest BCUT2D eigenvalue weighted by Crippen LogP contribution is -2.03. The molecule has 0 bridgehead atoms. The Kier molecular flexibility index (Phi) is 5.12. The van der Waals surface area contributed by atoms with E-state index in [1.54, 1.807) is 11.3 Å². The van der Waals surface area contributed by atoms with Crippen molar-refractivity contribution in [3.05, 3.63) is 146 Å². The van der Waals surface area contributed by atoms with Crippen LogP contribution in [0, 0.1) is 0 Å². The van der Waals surface area contributed by atoms with Gasteiger partial charge in [0.2, 0.25) is 5.95 Å². The highest BCUT2D eigenvalue weighted by molar-refractivity contribution is 7.26. The predicted octanol–water partition coefficient (Wildman–Crippen LogP) is 10.7. The lowest BCUT2D eigenvalue weighted by Gasteiger charge is -2.11. The van der Waals surface area contributed by atoms with Crippen LogP contribution in [0.2, 0.25) is 0 Å². The third kappa shape index (κ3) is 3.47. The average Bonchev–Trinajstić information content (AvgIpc) is 3.76. The maximum Gasteiger partial charge on any atom is 0.235 e. The van der Waals surface area contributed by atoms with E-state index in [0.29, 0.717) is 5.95 Å². The minimum atomic E-state index is 0.681. The van der Waals surface area contributed by atoms with Gasteiger partial charge in [0.05, 0.1) is 38.0 Å². The van der Waals surface area contributed by atoms with Crippen molar-refractivity contribution in [3.63, 3.8) is 0 Å². The molecule has 0 atom stereocenters. The Bertz CT molecular complexity index is 2750. The Balaban J connectivity index is 1.42. The van der Waals surface area contributed by atoms with Gasteiger partial charge in [-0.1, -0.05) is 109 Å². The first-order valence-corrected chi connectivity index (χ1v) is 15.9. The van der Waals surface area contributed by atoms with Crippen molar-refractivity contribution in [2.45, 2.75) is 0 Å². The topological polar surface area (TPSA) is 35.6 Å². The van der Waals surface area contributed by atoms with Crippen LogP contribution in [0.3, 0.4) is 0 Å². The molecule has 10 rings (SSSR count). The van der Waals surface area contributed by atoms with Crippen LogP contribution in [0.4, 0.5) is 0 Å². The molecule has 0 aliphatic rings. The molecule has 0 radical (unpaired) electrons. The molecule has 0 aliphatic carbocycles. The third-order valence-corrected chi connectivity index (χ3v) is 10.1. The number of rotatable bonds is 3. The van der Waals surface area contributed by atoms with Gasteiger partial charge in [0.15, 0.2) is 0 Å². The van der Waals surface area contributed by atoms with Crippen molar-refractivity contribution in [1.29, 1.82) is 0 Å². The molecule has 0 unspecified atom stereocenters. The summed E-state index contributed by atoms with van der Waals surface area (Å²) in [6.45, 7) is 0. The van der Waals surface area contributed by atoms with Crippen LogP contribution in [-0.4, -0.2) is 19.1 Å². The number of benzene rings is 6. The first-order chi connectivity index (χ1) is 22.3. The van der Waals surface area contributed by atoms with Crippen molar-refractivity contribution >= 4 is 75.3 Å². The van der Waals surface area contributed by atoms with E-state index < -0.39 is 0 Å². The molecule has 0 fully saturated rings. The second kappa shape index (κ2) is 9.36. The van der Waals surface area contributed by atoms with Crippen LogP contribution in [0.15, 0.2) is 146 Å². The fraction of sp³-hybridized carbons (Fsp3) is 0. The molecular weight excluding hydrogens is 569 g/mol. The molecule has 4 aromatic heterocycles. The van der Waals surface area contributed by atoms with Crippen LogP contribution >= 0.6 is 11.3 Å². The van der Waals surface area contributed by atoms with Crippen molar-refractivity contribution in [1.82, 2.24) is 19.1 Å². The molecule has 4 heterocycles. The van der Waals surface area contributed by atoms with Gasteiger partial charge in [0, 0.05) is 42.9 Å². The Morgan fingerprint density at radius 2 is 1.11 bits per heavy atom. The standard InChI is InChI=1S/C40H24N4S/c1-3-13-25(14-4-1)36-39-37(30-19-9-12-22-34(30)45-39)42-40(41-36)44-31-20-10-7-17-27(31)28-23-24-33-35(38(28)44)29-18-8-11-21-32(29)43(33)26-15-5-2-6-16-26/h1-24H. The van der Waals surface area contributed by atoms with E-state index in [1.165, 1.54) is 31.8 Å². The van der Waals surface area contributed by atoms with Gasteiger partial charge in [-0.25, -0.2) is 9.97 Å². The van der Waals surface area contributed by atoms with E-state index in [0.717, 1.165) is 49.1 Å². The summed E-state index contributed by atoms with van der Waals surface area (Å²) in [7, 11) is 0. The third-order valence-electron chi connectivity index (χ3n) is 8.94. The number of hydrogen-bond donors (Lipinski definition) is 0. The fourth-order valence-corrected chi connectivity index (χ4v) is 8.20. The number of thiophene rings is 1. The number of nitrogens with zero attached hydrogens (tertiary/aromatic N) is 4. The lowest BCUT2D eigenvalue weighted by molar-refractivity contribution is 1.02. The SMILES string of the molecule is c1ccc(-c2nc(-n3c4ccccc4c4ccc5c(c6ccccc6n5-c5ccccc5)c43)nc3c2sc2ccccc23)cc1. The van der Waals surface area contributed by atoms with Gasteiger partial charge in [0.25, 0.3) is 0 Å². The van der Waals surface area contributed by atoms with E-state index in [1.807, 2.05) is 0 Å². The van der Waals surface area contributed by atoms with E-state index in [9.17, 15) is 0 Å². The molecule has 45 heavy (non-hydrogen) atoms. The maximum atomic E-state index is 5.42. The highest BCUT2D eigenvalue weighted by Crippen LogP contribution is 2.43. The number of para-hydroxylation sites is 3. The van der Waals surface area contributed by atoms with Crippen molar-refractivity contribution < 1.29 is 0 Å². The Hall–Kier alpha value is -5.78. The summed E-state index contributed by atoms with van der Waals surface area (Å²) >= 11 is 1.76. The number of hydrogen-bond acceptors (Lipinski definition) is 3. The van der Waals surface area contributed by atoms with Crippen LogP contribution in [-0.2, 0) is 0 Å². The molecule has 5 heteroatoms. The first kappa shape index (κ1) is 24.6. The minimum absolute atomic E-state index is 0.681. The van der Waals surface area contributed by atoms with Crippen LogP contribution < -0.4 is 0 Å². The van der Waals surface area contributed by atoms with Crippen LogP contribution in [0.1, 0.15) is 0 Å². The smallest absolute Gasteiger partial charge is 0.235 e. The minimum Gasteiger partial charge on any atom is -0.309 e. The summed E-state index contributed by atoms with van der Waals surface area (Å²) in [5.41, 5.74) is 8.72. The molecule has 0 spiro atoms. The maximum absolute atomic E-state index is 5.42.